The zero-order valence-corrected chi connectivity index (χ0v) is 19.7. The third kappa shape index (κ3) is 5.50. The van der Waals surface area contributed by atoms with Gasteiger partial charge in [-0.1, -0.05) is 0 Å². The molecule has 4 heterocycles. The fraction of sp³-hybridized carbons (Fsp3) is 0.522. The molecule has 11 heteroatoms. The van der Waals surface area contributed by atoms with Gasteiger partial charge >= 0.3 is 0 Å². The van der Waals surface area contributed by atoms with Crippen LogP contribution >= 0.6 is 0 Å². The lowest BCUT2D eigenvalue weighted by atomic mass is 9.98. The first-order valence-corrected chi connectivity index (χ1v) is 11.6. The van der Waals surface area contributed by atoms with Crippen molar-refractivity contribution in [3.8, 4) is 11.1 Å². The number of hydrogen-bond donors (Lipinski definition) is 5. The average Bonchev–Trinajstić information content (AvgIpc) is 2.81. The molecule has 0 aromatic carbocycles. The van der Waals surface area contributed by atoms with Gasteiger partial charge in [0.05, 0.1) is 30.1 Å². The number of nitrogens with one attached hydrogen (secondary N) is 3. The maximum Gasteiger partial charge on any atom is 0.233 e. The molecular formula is C23H34FN9O. The summed E-state index contributed by atoms with van der Waals surface area (Å²) < 4.78 is 13.5. The molecular weight excluding hydrogens is 437 g/mol. The first-order valence-electron chi connectivity index (χ1n) is 11.6. The number of anilines is 2. The van der Waals surface area contributed by atoms with Crippen molar-refractivity contribution in [3.05, 3.63) is 36.3 Å². The zero-order valence-electron chi connectivity index (χ0n) is 19.7. The predicted octanol–water partition coefficient (Wildman–Crippen LogP) is -0.141. The maximum atomic E-state index is 13.5. The third-order valence-electron chi connectivity index (χ3n) is 6.46. The second-order valence-corrected chi connectivity index (χ2v) is 9.00. The van der Waals surface area contributed by atoms with Gasteiger partial charge in [0.25, 0.3) is 0 Å². The van der Waals surface area contributed by atoms with E-state index < -0.39 is 24.4 Å². The fourth-order valence-corrected chi connectivity index (χ4v) is 4.45. The van der Waals surface area contributed by atoms with E-state index in [-0.39, 0.29) is 19.0 Å². The first kappa shape index (κ1) is 24.4. The van der Waals surface area contributed by atoms with Gasteiger partial charge in [-0.05, 0) is 32.2 Å². The molecule has 1 atom stereocenters. The van der Waals surface area contributed by atoms with E-state index in [1.54, 1.807) is 12.4 Å². The van der Waals surface area contributed by atoms with Crippen LogP contribution in [0.3, 0.4) is 0 Å². The Morgan fingerprint density at radius 3 is 2.50 bits per heavy atom. The second kappa shape index (κ2) is 10.7. The minimum absolute atomic E-state index is 0.136. The quantitative estimate of drug-likeness (QED) is 0.365. The molecule has 0 saturated carbocycles. The summed E-state index contributed by atoms with van der Waals surface area (Å²) in [6, 6.07) is 5.89. The Balaban J connectivity index is 1.54. The van der Waals surface area contributed by atoms with E-state index in [1.807, 2.05) is 25.1 Å². The Kier molecular flexibility index (Phi) is 7.69. The van der Waals surface area contributed by atoms with Crippen molar-refractivity contribution in [2.75, 3.05) is 56.5 Å². The summed E-state index contributed by atoms with van der Waals surface area (Å²) in [7, 11) is 2.12. The number of rotatable bonds is 6. The molecule has 184 valence electrons. The molecule has 0 radical (unpaired) electrons. The highest BCUT2D eigenvalue weighted by Gasteiger charge is 2.35. The number of likely N-dealkylation sites (N-methyl/N-ethyl adjacent to an activating group) is 1. The molecule has 1 amide bonds. The molecule has 1 unspecified atom stereocenters. The molecule has 0 aliphatic carbocycles. The normalized spacial score (nSPS) is 22.6. The minimum atomic E-state index is -1.02. The molecule has 2 fully saturated rings. The van der Waals surface area contributed by atoms with Gasteiger partial charge in [0, 0.05) is 62.3 Å². The summed E-state index contributed by atoms with van der Waals surface area (Å²) in [4.78, 5) is 26.8. The highest BCUT2D eigenvalue weighted by atomic mass is 19.1. The summed E-state index contributed by atoms with van der Waals surface area (Å²) in [6.07, 6.45) is 0.782. The zero-order chi connectivity index (χ0) is 24.2. The highest BCUT2D eigenvalue weighted by Crippen LogP contribution is 2.31. The number of carbonyl (C=O) groups excluding carboxylic acids is 1. The fourth-order valence-electron chi connectivity index (χ4n) is 4.45. The Labute approximate surface area is 199 Å². The van der Waals surface area contributed by atoms with Gasteiger partial charge < -0.3 is 26.6 Å². The SMILES string of the molecule is Cc1nc(N2CCN(C)CC2)ccc1-c1ccncc1NC(=O)C(C(N)N)C1NCC(F)CN1. The molecule has 0 bridgehead atoms. The summed E-state index contributed by atoms with van der Waals surface area (Å²) in [6.45, 7) is 6.11. The number of amides is 1. The summed E-state index contributed by atoms with van der Waals surface area (Å²) in [5.41, 5.74) is 15.0. The number of nitrogens with zero attached hydrogens (tertiary/aromatic N) is 4. The summed E-state index contributed by atoms with van der Waals surface area (Å²) in [5.74, 6) is -0.227. The molecule has 2 aliphatic rings. The lowest BCUT2D eigenvalue weighted by Crippen LogP contribution is -2.64. The number of aromatic nitrogens is 2. The molecule has 10 nitrogen and oxygen atoms in total. The third-order valence-corrected chi connectivity index (χ3v) is 6.46. The Bertz CT molecular complexity index is 988. The number of alkyl halides is 1. The van der Waals surface area contributed by atoms with Crippen LogP contribution in [0.1, 0.15) is 5.69 Å². The van der Waals surface area contributed by atoms with Gasteiger partial charge in [-0.3, -0.25) is 20.4 Å². The predicted molar refractivity (Wildman–Crippen MR) is 131 cm³/mol. The lowest BCUT2D eigenvalue weighted by Gasteiger charge is -2.34. The standard InChI is InChI=1S/C23H34FN9O/c1-14-16(3-4-19(30-14)33-9-7-32(2)8-10-33)17-5-6-27-13-18(17)31-23(34)20(21(25)26)22-28-11-15(24)12-29-22/h3-6,13,15,20-22,28-29H,7-12,25-26H2,1-2H3,(H,31,34). The van der Waals surface area contributed by atoms with E-state index >= 15 is 0 Å². The van der Waals surface area contributed by atoms with E-state index in [1.165, 1.54) is 0 Å². The second-order valence-electron chi connectivity index (χ2n) is 9.00. The van der Waals surface area contributed by atoms with Crippen LogP contribution in [0.2, 0.25) is 0 Å². The van der Waals surface area contributed by atoms with Gasteiger partial charge in [-0.25, -0.2) is 9.37 Å². The van der Waals surface area contributed by atoms with Gasteiger partial charge in [-0.2, -0.15) is 0 Å². The lowest BCUT2D eigenvalue weighted by molar-refractivity contribution is -0.122. The van der Waals surface area contributed by atoms with Gasteiger partial charge in [0.2, 0.25) is 5.91 Å². The van der Waals surface area contributed by atoms with E-state index in [4.69, 9.17) is 16.5 Å². The van der Waals surface area contributed by atoms with Crippen LogP contribution in [0.15, 0.2) is 30.6 Å². The number of hydrogen-bond acceptors (Lipinski definition) is 9. The van der Waals surface area contributed by atoms with Crippen molar-refractivity contribution < 1.29 is 9.18 Å². The van der Waals surface area contributed by atoms with Crippen molar-refractivity contribution in [1.29, 1.82) is 0 Å². The number of piperazine rings is 1. The van der Waals surface area contributed by atoms with Gasteiger partial charge in [0.15, 0.2) is 0 Å². The monoisotopic (exact) mass is 471 g/mol. The molecule has 2 saturated heterocycles. The molecule has 7 N–H and O–H groups in total. The maximum absolute atomic E-state index is 13.5. The van der Waals surface area contributed by atoms with Crippen LogP contribution in [0, 0.1) is 12.8 Å². The number of carbonyl (C=O) groups is 1. The average molecular weight is 472 g/mol. The molecule has 4 rings (SSSR count). The van der Waals surface area contributed by atoms with Crippen LogP contribution in [0.4, 0.5) is 15.9 Å². The highest BCUT2D eigenvalue weighted by molar-refractivity contribution is 5.97. The van der Waals surface area contributed by atoms with Crippen molar-refractivity contribution in [1.82, 2.24) is 25.5 Å². The van der Waals surface area contributed by atoms with E-state index in [0.29, 0.717) is 5.69 Å². The van der Waals surface area contributed by atoms with Crippen LogP contribution in [0.5, 0.6) is 0 Å². The Morgan fingerprint density at radius 1 is 1.15 bits per heavy atom. The Morgan fingerprint density at radius 2 is 1.85 bits per heavy atom. The van der Waals surface area contributed by atoms with Gasteiger partial charge in [-0.15, -0.1) is 0 Å². The van der Waals surface area contributed by atoms with E-state index in [2.05, 4.69) is 37.8 Å². The smallest absolute Gasteiger partial charge is 0.233 e. The summed E-state index contributed by atoms with van der Waals surface area (Å²) in [5, 5.41) is 8.87. The minimum Gasteiger partial charge on any atom is -0.354 e. The summed E-state index contributed by atoms with van der Waals surface area (Å²) >= 11 is 0. The number of halogens is 1. The molecule has 34 heavy (non-hydrogen) atoms. The largest absolute Gasteiger partial charge is 0.354 e. The number of aryl methyl sites for hydroxylation is 1. The van der Waals surface area contributed by atoms with Crippen molar-refractivity contribution in [2.24, 2.45) is 17.4 Å². The Hall–Kier alpha value is -2.70. The number of pyridine rings is 2. The first-order chi connectivity index (χ1) is 16.3. The van der Waals surface area contributed by atoms with E-state index in [0.717, 1.165) is 48.8 Å². The topological polar surface area (TPSA) is 137 Å². The molecule has 2 aromatic heterocycles. The van der Waals surface area contributed by atoms with Gasteiger partial charge in [0.1, 0.15) is 12.0 Å². The van der Waals surface area contributed by atoms with Crippen molar-refractivity contribution >= 4 is 17.4 Å². The van der Waals surface area contributed by atoms with Crippen LogP contribution in [0.25, 0.3) is 11.1 Å². The van der Waals surface area contributed by atoms with Crippen LogP contribution in [-0.4, -0.2) is 85.6 Å². The van der Waals surface area contributed by atoms with Crippen LogP contribution < -0.4 is 32.3 Å². The van der Waals surface area contributed by atoms with Crippen molar-refractivity contribution in [2.45, 2.75) is 25.4 Å². The van der Waals surface area contributed by atoms with Crippen molar-refractivity contribution in [3.63, 3.8) is 0 Å². The molecule has 2 aliphatic heterocycles. The molecule has 2 aromatic rings. The van der Waals surface area contributed by atoms with E-state index in [9.17, 15) is 9.18 Å². The molecule has 0 spiro atoms. The number of nitrogens with two attached hydrogens (primary N) is 2. The van der Waals surface area contributed by atoms with Crippen LogP contribution in [-0.2, 0) is 4.79 Å².